The van der Waals surface area contributed by atoms with E-state index in [2.05, 4.69) is 27.5 Å². The molecule has 0 atom stereocenters. The average Bonchev–Trinajstić information content (AvgIpc) is 3.00. The van der Waals surface area contributed by atoms with Crippen molar-refractivity contribution >= 4 is 12.2 Å². The van der Waals surface area contributed by atoms with Crippen LogP contribution >= 0.6 is 12.2 Å². The Morgan fingerprint density at radius 3 is 2.88 bits per heavy atom. The fourth-order valence-electron chi connectivity index (χ4n) is 2.27. The summed E-state index contributed by atoms with van der Waals surface area (Å²) in [5, 5.41) is 7.11. The molecule has 124 valence electrons. The van der Waals surface area contributed by atoms with Crippen LogP contribution < -0.4 is 10.2 Å². The number of pyridine rings is 1. The molecule has 0 aliphatic carbocycles. The molecule has 0 aliphatic heterocycles. The first-order valence-corrected chi connectivity index (χ1v) is 8.22. The Labute approximate surface area is 145 Å². The van der Waals surface area contributed by atoms with Crippen molar-refractivity contribution in [2.24, 2.45) is 0 Å². The molecule has 6 nitrogen and oxygen atoms in total. The Kier molecular flexibility index (Phi) is 5.22. The van der Waals surface area contributed by atoms with Crippen molar-refractivity contribution in [1.82, 2.24) is 19.9 Å². The first kappa shape index (κ1) is 16.2. The Morgan fingerprint density at radius 2 is 2.08 bits per heavy atom. The molecule has 1 aromatic carbocycles. The zero-order valence-electron chi connectivity index (χ0n) is 13.4. The van der Waals surface area contributed by atoms with Crippen LogP contribution in [0.5, 0.6) is 5.75 Å². The number of rotatable bonds is 7. The molecule has 0 amide bonds. The first-order chi connectivity index (χ1) is 11.8. The SMILES string of the molecule is CCCOc1cccc(CNn2c(-c3ccncc3)n[nH]c2=S)c1. The van der Waals surface area contributed by atoms with Gasteiger partial charge in [0.15, 0.2) is 5.82 Å². The van der Waals surface area contributed by atoms with Crippen LogP contribution in [-0.2, 0) is 6.54 Å². The van der Waals surface area contributed by atoms with Crippen molar-refractivity contribution in [3.63, 3.8) is 0 Å². The Bertz CT molecular complexity index is 843. The highest BCUT2D eigenvalue weighted by atomic mass is 32.1. The van der Waals surface area contributed by atoms with E-state index in [1.54, 1.807) is 17.1 Å². The molecule has 2 aromatic heterocycles. The normalized spacial score (nSPS) is 10.5. The van der Waals surface area contributed by atoms with Crippen LogP contribution in [0.15, 0.2) is 48.8 Å². The van der Waals surface area contributed by atoms with E-state index in [9.17, 15) is 0 Å². The van der Waals surface area contributed by atoms with Gasteiger partial charge >= 0.3 is 0 Å². The number of aromatic nitrogens is 4. The van der Waals surface area contributed by atoms with Crippen molar-refractivity contribution in [2.45, 2.75) is 19.9 Å². The molecule has 24 heavy (non-hydrogen) atoms. The van der Waals surface area contributed by atoms with Gasteiger partial charge < -0.3 is 10.2 Å². The predicted molar refractivity (Wildman–Crippen MR) is 95.9 cm³/mol. The minimum absolute atomic E-state index is 0.514. The molecule has 0 saturated carbocycles. The molecule has 0 fully saturated rings. The van der Waals surface area contributed by atoms with Gasteiger partial charge in [-0.05, 0) is 48.5 Å². The number of benzene rings is 1. The van der Waals surface area contributed by atoms with E-state index in [0.717, 1.165) is 35.7 Å². The number of nitrogens with zero attached hydrogens (tertiary/aromatic N) is 3. The fraction of sp³-hybridized carbons (Fsp3) is 0.235. The van der Waals surface area contributed by atoms with Crippen molar-refractivity contribution in [3.05, 3.63) is 59.1 Å². The minimum atomic E-state index is 0.514. The van der Waals surface area contributed by atoms with Crippen molar-refractivity contribution < 1.29 is 4.74 Å². The van der Waals surface area contributed by atoms with E-state index in [1.807, 2.05) is 36.4 Å². The lowest BCUT2D eigenvalue weighted by atomic mass is 10.2. The highest BCUT2D eigenvalue weighted by Gasteiger charge is 2.08. The Balaban J connectivity index is 1.76. The maximum atomic E-state index is 5.67. The van der Waals surface area contributed by atoms with Gasteiger partial charge in [-0.1, -0.05) is 19.1 Å². The molecule has 7 heteroatoms. The van der Waals surface area contributed by atoms with E-state index in [0.29, 0.717) is 11.3 Å². The lowest BCUT2D eigenvalue weighted by molar-refractivity contribution is 0.317. The van der Waals surface area contributed by atoms with Gasteiger partial charge in [0.2, 0.25) is 4.77 Å². The second kappa shape index (κ2) is 7.74. The summed E-state index contributed by atoms with van der Waals surface area (Å²) in [6.07, 6.45) is 4.44. The van der Waals surface area contributed by atoms with Crippen LogP contribution in [0.1, 0.15) is 18.9 Å². The highest BCUT2D eigenvalue weighted by molar-refractivity contribution is 7.71. The second-order valence-corrected chi connectivity index (χ2v) is 5.64. The molecule has 3 rings (SSSR count). The summed E-state index contributed by atoms with van der Waals surface area (Å²) in [6.45, 7) is 3.41. The van der Waals surface area contributed by atoms with Crippen LogP contribution in [0.3, 0.4) is 0 Å². The van der Waals surface area contributed by atoms with Crippen molar-refractivity contribution in [3.8, 4) is 17.1 Å². The summed E-state index contributed by atoms with van der Waals surface area (Å²) in [5.41, 5.74) is 5.34. The molecular weight excluding hydrogens is 322 g/mol. The Morgan fingerprint density at radius 1 is 1.25 bits per heavy atom. The van der Waals surface area contributed by atoms with Gasteiger partial charge in [-0.2, -0.15) is 5.10 Å². The first-order valence-electron chi connectivity index (χ1n) is 7.81. The van der Waals surface area contributed by atoms with E-state index in [-0.39, 0.29) is 0 Å². The number of H-pyrrole nitrogens is 1. The average molecular weight is 341 g/mol. The summed E-state index contributed by atoms with van der Waals surface area (Å²) in [4.78, 5) is 4.03. The van der Waals surface area contributed by atoms with Gasteiger partial charge in [0, 0.05) is 18.0 Å². The smallest absolute Gasteiger partial charge is 0.214 e. The standard InChI is InChI=1S/C17H19N5OS/c1-2-10-23-15-5-3-4-13(11-15)12-19-22-16(20-21-17(22)24)14-6-8-18-9-7-14/h3-9,11,19H,2,10,12H2,1H3,(H,21,24). The van der Waals surface area contributed by atoms with Crippen LogP contribution in [0.25, 0.3) is 11.4 Å². The predicted octanol–water partition coefficient (Wildman–Crippen LogP) is 3.54. The van der Waals surface area contributed by atoms with E-state index < -0.39 is 0 Å². The number of ether oxygens (including phenoxy) is 1. The third-order valence-corrected chi connectivity index (χ3v) is 3.70. The lowest BCUT2D eigenvalue weighted by Gasteiger charge is -2.11. The molecular formula is C17H19N5OS. The number of hydrogen-bond donors (Lipinski definition) is 2. The van der Waals surface area contributed by atoms with Gasteiger partial charge in [0.1, 0.15) is 5.75 Å². The fourth-order valence-corrected chi connectivity index (χ4v) is 2.47. The zero-order valence-corrected chi connectivity index (χ0v) is 14.2. The molecule has 2 heterocycles. The molecule has 3 aromatic rings. The maximum Gasteiger partial charge on any atom is 0.214 e. The minimum Gasteiger partial charge on any atom is -0.494 e. The van der Waals surface area contributed by atoms with Crippen LogP contribution in [0, 0.1) is 4.77 Å². The summed E-state index contributed by atoms with van der Waals surface area (Å²) < 4.78 is 7.95. The van der Waals surface area contributed by atoms with Gasteiger partial charge in [-0.25, -0.2) is 9.77 Å². The van der Waals surface area contributed by atoms with Gasteiger partial charge in [-0.3, -0.25) is 4.98 Å². The van der Waals surface area contributed by atoms with E-state index >= 15 is 0 Å². The molecule has 0 radical (unpaired) electrons. The molecule has 2 N–H and O–H groups in total. The van der Waals surface area contributed by atoms with Crippen LogP contribution in [-0.4, -0.2) is 26.5 Å². The molecule has 0 unspecified atom stereocenters. The third kappa shape index (κ3) is 3.80. The van der Waals surface area contributed by atoms with E-state index in [1.165, 1.54) is 0 Å². The molecule has 0 aliphatic rings. The Hall–Kier alpha value is -2.67. The lowest BCUT2D eigenvalue weighted by Crippen LogP contribution is -2.16. The largest absolute Gasteiger partial charge is 0.494 e. The second-order valence-electron chi connectivity index (χ2n) is 5.25. The summed E-state index contributed by atoms with van der Waals surface area (Å²) in [6, 6.07) is 11.8. The van der Waals surface area contributed by atoms with Gasteiger partial charge in [0.25, 0.3) is 0 Å². The van der Waals surface area contributed by atoms with Crippen LogP contribution in [0.4, 0.5) is 0 Å². The van der Waals surface area contributed by atoms with Crippen LogP contribution in [0.2, 0.25) is 0 Å². The third-order valence-electron chi connectivity index (χ3n) is 3.42. The quantitative estimate of drug-likeness (QED) is 0.644. The monoisotopic (exact) mass is 341 g/mol. The molecule has 0 bridgehead atoms. The molecule has 0 saturated heterocycles. The number of aromatic amines is 1. The zero-order chi connectivity index (χ0) is 16.8. The van der Waals surface area contributed by atoms with Crippen molar-refractivity contribution in [1.29, 1.82) is 0 Å². The maximum absolute atomic E-state index is 5.67. The topological polar surface area (TPSA) is 67.8 Å². The summed E-state index contributed by atoms with van der Waals surface area (Å²) in [5.74, 6) is 1.60. The number of nitrogens with one attached hydrogen (secondary N) is 2. The summed E-state index contributed by atoms with van der Waals surface area (Å²) >= 11 is 5.31. The summed E-state index contributed by atoms with van der Waals surface area (Å²) in [7, 11) is 0. The van der Waals surface area contributed by atoms with E-state index in [4.69, 9.17) is 17.0 Å². The highest BCUT2D eigenvalue weighted by Crippen LogP contribution is 2.16. The number of hydrogen-bond acceptors (Lipinski definition) is 5. The van der Waals surface area contributed by atoms with Gasteiger partial charge in [-0.15, -0.1) is 0 Å². The van der Waals surface area contributed by atoms with Crippen molar-refractivity contribution in [2.75, 3.05) is 12.0 Å². The van der Waals surface area contributed by atoms with Gasteiger partial charge in [0.05, 0.1) is 13.2 Å². The molecule has 0 spiro atoms.